The van der Waals surface area contributed by atoms with Crippen molar-refractivity contribution in [3.8, 4) is 0 Å². The fourth-order valence-electron chi connectivity index (χ4n) is 4.36. The lowest BCUT2D eigenvalue weighted by Gasteiger charge is -2.52. The van der Waals surface area contributed by atoms with Crippen LogP contribution >= 0.6 is 0 Å². The molecule has 1 aromatic rings. The Bertz CT molecular complexity index is 478. The molecule has 0 aliphatic carbocycles. The van der Waals surface area contributed by atoms with E-state index in [0.717, 1.165) is 19.7 Å². The fourth-order valence-corrected chi connectivity index (χ4v) is 4.36. The molecule has 2 aliphatic heterocycles. The third-order valence-corrected chi connectivity index (χ3v) is 5.20. The molecule has 0 aromatic heterocycles. The summed E-state index contributed by atoms with van der Waals surface area (Å²) in [5.41, 5.74) is 3.32. The normalized spacial score (nSPS) is 33.2. The Morgan fingerprint density at radius 3 is 2.85 bits per heavy atom. The molecule has 0 radical (unpaired) electrons. The van der Waals surface area contributed by atoms with E-state index in [4.69, 9.17) is 4.74 Å². The molecular weight excluding hydrogens is 246 g/mol. The molecule has 1 aromatic carbocycles. The van der Waals surface area contributed by atoms with Crippen molar-refractivity contribution in [3.63, 3.8) is 0 Å². The molecule has 2 nitrogen and oxygen atoms in total. The van der Waals surface area contributed by atoms with Gasteiger partial charge >= 0.3 is 0 Å². The third kappa shape index (κ3) is 2.64. The van der Waals surface area contributed by atoms with Gasteiger partial charge in [-0.15, -0.1) is 0 Å². The lowest BCUT2D eigenvalue weighted by atomic mass is 9.60. The SMILES string of the molecule is Cc1cccc(C2CNCCC23CCOC(C)(C)C3)c1. The van der Waals surface area contributed by atoms with E-state index in [1.165, 1.54) is 30.4 Å². The van der Waals surface area contributed by atoms with E-state index < -0.39 is 0 Å². The first kappa shape index (κ1) is 14.1. The van der Waals surface area contributed by atoms with Gasteiger partial charge in [0.1, 0.15) is 0 Å². The molecule has 2 unspecified atom stereocenters. The van der Waals surface area contributed by atoms with Gasteiger partial charge in [0.05, 0.1) is 5.60 Å². The number of hydrogen-bond donors (Lipinski definition) is 1. The Labute approximate surface area is 122 Å². The van der Waals surface area contributed by atoms with Gasteiger partial charge in [-0.1, -0.05) is 29.8 Å². The molecule has 0 saturated carbocycles. The fraction of sp³-hybridized carbons (Fsp3) is 0.667. The predicted molar refractivity (Wildman–Crippen MR) is 83.1 cm³/mol. The quantitative estimate of drug-likeness (QED) is 0.843. The molecule has 2 saturated heterocycles. The first-order valence-corrected chi connectivity index (χ1v) is 7.92. The number of nitrogens with one attached hydrogen (secondary N) is 1. The number of benzene rings is 1. The van der Waals surface area contributed by atoms with Gasteiger partial charge in [0.15, 0.2) is 0 Å². The number of hydrogen-bond acceptors (Lipinski definition) is 2. The molecule has 2 aliphatic rings. The summed E-state index contributed by atoms with van der Waals surface area (Å²) >= 11 is 0. The van der Waals surface area contributed by atoms with Crippen LogP contribution in [-0.2, 0) is 4.74 Å². The molecule has 0 amide bonds. The van der Waals surface area contributed by atoms with Crippen LogP contribution in [0.3, 0.4) is 0 Å². The Morgan fingerprint density at radius 2 is 2.10 bits per heavy atom. The smallest absolute Gasteiger partial charge is 0.0632 e. The van der Waals surface area contributed by atoms with E-state index in [0.29, 0.717) is 11.3 Å². The van der Waals surface area contributed by atoms with Crippen LogP contribution in [0.15, 0.2) is 24.3 Å². The zero-order chi connectivity index (χ0) is 14.2. The minimum atomic E-state index is 0.0255. The zero-order valence-corrected chi connectivity index (χ0v) is 13.0. The van der Waals surface area contributed by atoms with Crippen LogP contribution in [0.1, 0.15) is 50.2 Å². The summed E-state index contributed by atoms with van der Waals surface area (Å²) in [7, 11) is 0. The van der Waals surface area contributed by atoms with E-state index in [2.05, 4.69) is 50.4 Å². The second-order valence-corrected chi connectivity index (χ2v) is 7.32. The second-order valence-electron chi connectivity index (χ2n) is 7.32. The number of rotatable bonds is 1. The maximum Gasteiger partial charge on any atom is 0.0632 e. The highest BCUT2D eigenvalue weighted by Gasteiger charge is 2.47. The number of aryl methyl sites for hydroxylation is 1. The highest BCUT2D eigenvalue weighted by atomic mass is 16.5. The van der Waals surface area contributed by atoms with Crippen molar-refractivity contribution >= 4 is 0 Å². The summed E-state index contributed by atoms with van der Waals surface area (Å²) in [5, 5.41) is 3.61. The molecule has 3 rings (SSSR count). The molecule has 2 atom stereocenters. The average Bonchev–Trinajstić information content (AvgIpc) is 2.37. The van der Waals surface area contributed by atoms with E-state index in [1.54, 1.807) is 0 Å². The van der Waals surface area contributed by atoms with Crippen molar-refractivity contribution in [3.05, 3.63) is 35.4 Å². The summed E-state index contributed by atoms with van der Waals surface area (Å²) in [6.07, 6.45) is 3.66. The monoisotopic (exact) mass is 273 g/mol. The van der Waals surface area contributed by atoms with Gasteiger partial charge in [-0.2, -0.15) is 0 Å². The minimum Gasteiger partial charge on any atom is -0.376 e. The Hall–Kier alpha value is -0.860. The summed E-state index contributed by atoms with van der Waals surface area (Å²) < 4.78 is 5.98. The maximum absolute atomic E-state index is 5.98. The molecule has 110 valence electrons. The molecule has 2 heteroatoms. The molecule has 2 heterocycles. The average molecular weight is 273 g/mol. The van der Waals surface area contributed by atoms with Gasteiger partial charge in [-0.05, 0) is 57.6 Å². The predicted octanol–water partition coefficient (Wildman–Crippen LogP) is 3.65. The summed E-state index contributed by atoms with van der Waals surface area (Å²) in [5.74, 6) is 0.624. The van der Waals surface area contributed by atoms with Gasteiger partial charge in [0.2, 0.25) is 0 Å². The summed E-state index contributed by atoms with van der Waals surface area (Å²) in [4.78, 5) is 0. The first-order chi connectivity index (χ1) is 9.51. The van der Waals surface area contributed by atoms with Crippen LogP contribution in [0.25, 0.3) is 0 Å². The van der Waals surface area contributed by atoms with Gasteiger partial charge in [-0.25, -0.2) is 0 Å². The van der Waals surface area contributed by atoms with Crippen molar-refractivity contribution in [2.75, 3.05) is 19.7 Å². The van der Waals surface area contributed by atoms with Crippen molar-refractivity contribution in [2.24, 2.45) is 5.41 Å². The van der Waals surface area contributed by atoms with Crippen molar-refractivity contribution in [1.29, 1.82) is 0 Å². The number of ether oxygens (including phenoxy) is 1. The van der Waals surface area contributed by atoms with E-state index in [9.17, 15) is 0 Å². The van der Waals surface area contributed by atoms with Crippen LogP contribution < -0.4 is 5.32 Å². The summed E-state index contributed by atoms with van der Waals surface area (Å²) in [6, 6.07) is 9.09. The number of piperidine rings is 1. The van der Waals surface area contributed by atoms with Crippen LogP contribution in [0.5, 0.6) is 0 Å². The topological polar surface area (TPSA) is 21.3 Å². The van der Waals surface area contributed by atoms with Crippen molar-refractivity contribution in [2.45, 2.75) is 51.6 Å². The molecule has 1 N–H and O–H groups in total. The largest absolute Gasteiger partial charge is 0.376 e. The highest BCUT2D eigenvalue weighted by molar-refractivity contribution is 5.29. The van der Waals surface area contributed by atoms with E-state index in [-0.39, 0.29) is 5.60 Å². The molecule has 2 fully saturated rings. The Balaban J connectivity index is 1.94. The van der Waals surface area contributed by atoms with Gasteiger partial charge in [0.25, 0.3) is 0 Å². The lowest BCUT2D eigenvalue weighted by Crippen LogP contribution is -2.51. The van der Waals surface area contributed by atoms with Gasteiger partial charge in [0, 0.05) is 19.1 Å². The zero-order valence-electron chi connectivity index (χ0n) is 13.0. The van der Waals surface area contributed by atoms with Crippen molar-refractivity contribution in [1.82, 2.24) is 5.32 Å². The van der Waals surface area contributed by atoms with Gasteiger partial charge < -0.3 is 10.1 Å². The standard InChI is InChI=1S/C18H27NO/c1-14-5-4-6-15(11-14)16-12-19-9-7-18(16)8-10-20-17(2,3)13-18/h4-6,11,16,19H,7-10,12-13H2,1-3H3. The minimum absolute atomic E-state index is 0.0255. The van der Waals surface area contributed by atoms with Gasteiger partial charge in [-0.3, -0.25) is 0 Å². The highest BCUT2D eigenvalue weighted by Crippen LogP contribution is 2.51. The van der Waals surface area contributed by atoms with Crippen LogP contribution in [0.2, 0.25) is 0 Å². The van der Waals surface area contributed by atoms with E-state index >= 15 is 0 Å². The Kier molecular flexibility index (Phi) is 3.64. The molecular formula is C18H27NO. The van der Waals surface area contributed by atoms with Crippen LogP contribution in [0, 0.1) is 12.3 Å². The third-order valence-electron chi connectivity index (χ3n) is 5.20. The van der Waals surface area contributed by atoms with Crippen LogP contribution in [-0.4, -0.2) is 25.3 Å². The summed E-state index contributed by atoms with van der Waals surface area (Å²) in [6.45, 7) is 9.88. The second kappa shape index (κ2) is 5.16. The van der Waals surface area contributed by atoms with Crippen LogP contribution in [0.4, 0.5) is 0 Å². The van der Waals surface area contributed by atoms with Crippen molar-refractivity contribution < 1.29 is 4.74 Å². The van der Waals surface area contributed by atoms with E-state index in [1.807, 2.05) is 0 Å². The molecule has 20 heavy (non-hydrogen) atoms. The first-order valence-electron chi connectivity index (χ1n) is 7.92. The molecule has 0 bridgehead atoms. The maximum atomic E-state index is 5.98. The lowest BCUT2D eigenvalue weighted by molar-refractivity contribution is -0.119. The Morgan fingerprint density at radius 1 is 1.25 bits per heavy atom. The molecule has 1 spiro atoms.